The number of nitrogens with zero attached hydrogens (tertiary/aromatic N) is 2. The normalized spacial score (nSPS) is 23.9. The maximum absolute atomic E-state index is 10.7. The molecule has 0 radical (unpaired) electrons. The van der Waals surface area contributed by atoms with Crippen LogP contribution in [0.25, 0.3) is 0 Å². The minimum atomic E-state index is -0.718. The van der Waals surface area contributed by atoms with E-state index in [1.54, 1.807) is 0 Å². The highest BCUT2D eigenvalue weighted by atomic mass is 16.4. The van der Waals surface area contributed by atoms with Crippen molar-refractivity contribution in [1.82, 2.24) is 9.80 Å². The van der Waals surface area contributed by atoms with Gasteiger partial charge in [-0.15, -0.1) is 0 Å². The van der Waals surface area contributed by atoms with Crippen LogP contribution in [0.5, 0.6) is 0 Å². The Morgan fingerprint density at radius 2 is 1.94 bits per heavy atom. The SMILES string of the molecule is CN(CC(=O)O)C1CCN(CC2CCC2)CC1. The van der Waals surface area contributed by atoms with Gasteiger partial charge in [0, 0.05) is 12.6 Å². The predicted octanol–water partition coefficient (Wildman–Crippen LogP) is 1.27. The van der Waals surface area contributed by atoms with Crippen LogP contribution in [0.4, 0.5) is 0 Å². The van der Waals surface area contributed by atoms with Crippen LogP contribution < -0.4 is 0 Å². The first-order valence-electron chi connectivity index (χ1n) is 6.79. The zero-order valence-electron chi connectivity index (χ0n) is 10.8. The van der Waals surface area contributed by atoms with Gasteiger partial charge in [0.15, 0.2) is 0 Å². The maximum Gasteiger partial charge on any atom is 0.317 e. The van der Waals surface area contributed by atoms with Crippen LogP contribution in [0, 0.1) is 5.92 Å². The van der Waals surface area contributed by atoms with Gasteiger partial charge in [0.25, 0.3) is 0 Å². The number of hydrogen-bond donors (Lipinski definition) is 1. The fourth-order valence-corrected chi connectivity index (χ4v) is 2.93. The highest BCUT2D eigenvalue weighted by Crippen LogP contribution is 2.28. The van der Waals surface area contributed by atoms with E-state index < -0.39 is 5.97 Å². The highest BCUT2D eigenvalue weighted by Gasteiger charge is 2.26. The van der Waals surface area contributed by atoms with E-state index in [1.165, 1.54) is 25.8 Å². The molecule has 4 heteroatoms. The molecule has 0 aromatic carbocycles. The van der Waals surface area contributed by atoms with Gasteiger partial charge < -0.3 is 10.0 Å². The van der Waals surface area contributed by atoms with Gasteiger partial charge >= 0.3 is 5.97 Å². The lowest BCUT2D eigenvalue weighted by Gasteiger charge is -2.39. The van der Waals surface area contributed by atoms with E-state index in [9.17, 15) is 4.79 Å². The van der Waals surface area contributed by atoms with E-state index in [2.05, 4.69) is 4.90 Å². The van der Waals surface area contributed by atoms with Crippen molar-refractivity contribution in [3.63, 3.8) is 0 Å². The van der Waals surface area contributed by atoms with Gasteiger partial charge in [-0.2, -0.15) is 0 Å². The Bertz CT molecular complexity index is 258. The number of carboxylic acid groups (broad SMARTS) is 1. The third kappa shape index (κ3) is 3.68. The van der Waals surface area contributed by atoms with Crippen molar-refractivity contribution >= 4 is 5.97 Å². The van der Waals surface area contributed by atoms with E-state index >= 15 is 0 Å². The maximum atomic E-state index is 10.7. The average molecular weight is 240 g/mol. The average Bonchev–Trinajstić information content (AvgIpc) is 2.23. The molecule has 0 unspecified atom stereocenters. The van der Waals surface area contributed by atoms with E-state index in [0.29, 0.717) is 6.04 Å². The number of carbonyl (C=O) groups is 1. The van der Waals surface area contributed by atoms with E-state index in [-0.39, 0.29) is 6.54 Å². The summed E-state index contributed by atoms with van der Waals surface area (Å²) in [6.45, 7) is 3.74. The molecule has 0 aromatic heterocycles. The van der Waals surface area contributed by atoms with Gasteiger partial charge in [0.05, 0.1) is 6.54 Å². The van der Waals surface area contributed by atoms with Crippen molar-refractivity contribution in [2.45, 2.75) is 38.1 Å². The van der Waals surface area contributed by atoms with Gasteiger partial charge in [-0.1, -0.05) is 6.42 Å². The van der Waals surface area contributed by atoms with Gasteiger partial charge in [-0.05, 0) is 51.7 Å². The zero-order chi connectivity index (χ0) is 12.3. The van der Waals surface area contributed by atoms with E-state index in [0.717, 1.165) is 31.8 Å². The van der Waals surface area contributed by atoms with Crippen LogP contribution in [-0.4, -0.2) is 60.1 Å². The van der Waals surface area contributed by atoms with Crippen molar-refractivity contribution in [3.05, 3.63) is 0 Å². The number of hydrogen-bond acceptors (Lipinski definition) is 3. The molecule has 0 atom stereocenters. The Kier molecular flexibility index (Phi) is 4.40. The number of piperidine rings is 1. The Hall–Kier alpha value is -0.610. The lowest BCUT2D eigenvalue weighted by atomic mass is 9.84. The second kappa shape index (κ2) is 5.83. The third-order valence-electron chi connectivity index (χ3n) is 4.31. The first-order valence-corrected chi connectivity index (χ1v) is 6.79. The summed E-state index contributed by atoms with van der Waals surface area (Å²) in [5, 5.41) is 8.77. The van der Waals surface area contributed by atoms with Crippen LogP contribution in [0.3, 0.4) is 0 Å². The van der Waals surface area contributed by atoms with E-state index in [1.807, 2.05) is 11.9 Å². The van der Waals surface area contributed by atoms with Crippen LogP contribution >= 0.6 is 0 Å². The molecule has 0 aromatic rings. The molecule has 0 amide bonds. The second-order valence-electron chi connectivity index (χ2n) is 5.64. The molecule has 0 bridgehead atoms. The number of likely N-dealkylation sites (tertiary alicyclic amines) is 1. The molecule has 1 N–H and O–H groups in total. The Balaban J connectivity index is 1.67. The summed E-state index contributed by atoms with van der Waals surface area (Å²) in [5.41, 5.74) is 0. The zero-order valence-corrected chi connectivity index (χ0v) is 10.8. The molecule has 1 aliphatic heterocycles. The molecule has 2 aliphatic rings. The van der Waals surface area contributed by atoms with Crippen molar-refractivity contribution in [3.8, 4) is 0 Å². The molecule has 1 aliphatic carbocycles. The van der Waals surface area contributed by atoms with Gasteiger partial charge in [-0.25, -0.2) is 0 Å². The molecule has 1 saturated heterocycles. The molecule has 2 rings (SSSR count). The van der Waals surface area contributed by atoms with Gasteiger partial charge in [-0.3, -0.25) is 9.69 Å². The Labute approximate surface area is 104 Å². The van der Waals surface area contributed by atoms with Crippen molar-refractivity contribution in [1.29, 1.82) is 0 Å². The fourth-order valence-electron chi connectivity index (χ4n) is 2.93. The number of likely N-dealkylation sites (N-methyl/N-ethyl adjacent to an activating group) is 1. The minimum Gasteiger partial charge on any atom is -0.480 e. The Morgan fingerprint density at radius 1 is 1.29 bits per heavy atom. The quantitative estimate of drug-likeness (QED) is 0.786. The first-order chi connectivity index (χ1) is 8.15. The number of aliphatic carboxylic acids is 1. The summed E-state index contributed by atoms with van der Waals surface area (Å²) in [7, 11) is 1.93. The van der Waals surface area contributed by atoms with Crippen LogP contribution in [0.2, 0.25) is 0 Å². The van der Waals surface area contributed by atoms with Crippen LogP contribution in [-0.2, 0) is 4.79 Å². The lowest BCUT2D eigenvalue weighted by molar-refractivity contribution is -0.138. The summed E-state index contributed by atoms with van der Waals surface area (Å²) < 4.78 is 0. The summed E-state index contributed by atoms with van der Waals surface area (Å²) >= 11 is 0. The number of rotatable bonds is 5. The molecule has 0 spiro atoms. The minimum absolute atomic E-state index is 0.174. The summed E-state index contributed by atoms with van der Waals surface area (Å²) in [6.07, 6.45) is 6.49. The molecule has 2 fully saturated rings. The molecule has 4 nitrogen and oxygen atoms in total. The third-order valence-corrected chi connectivity index (χ3v) is 4.31. The van der Waals surface area contributed by atoms with E-state index in [4.69, 9.17) is 5.11 Å². The highest BCUT2D eigenvalue weighted by molar-refractivity contribution is 5.69. The first kappa shape index (κ1) is 12.8. The standard InChI is InChI=1S/C13H24N2O2/c1-14(10-13(16)17)12-5-7-15(8-6-12)9-11-3-2-4-11/h11-12H,2-10H2,1H3,(H,16,17). The predicted molar refractivity (Wildman–Crippen MR) is 67.1 cm³/mol. The topological polar surface area (TPSA) is 43.8 Å². The van der Waals surface area contributed by atoms with Crippen LogP contribution in [0.15, 0.2) is 0 Å². The van der Waals surface area contributed by atoms with Crippen molar-refractivity contribution in [2.24, 2.45) is 5.92 Å². The van der Waals surface area contributed by atoms with Crippen molar-refractivity contribution < 1.29 is 9.90 Å². The molecule has 1 saturated carbocycles. The largest absolute Gasteiger partial charge is 0.480 e. The molecular formula is C13H24N2O2. The summed E-state index contributed by atoms with van der Waals surface area (Å²) in [5.74, 6) is 0.229. The van der Waals surface area contributed by atoms with Crippen LogP contribution in [0.1, 0.15) is 32.1 Å². The molecular weight excluding hydrogens is 216 g/mol. The smallest absolute Gasteiger partial charge is 0.317 e. The molecule has 98 valence electrons. The Morgan fingerprint density at radius 3 is 2.41 bits per heavy atom. The monoisotopic (exact) mass is 240 g/mol. The second-order valence-corrected chi connectivity index (χ2v) is 5.64. The summed E-state index contributed by atoms with van der Waals surface area (Å²) in [4.78, 5) is 15.2. The molecule has 1 heterocycles. The fraction of sp³-hybridized carbons (Fsp3) is 0.923. The molecule has 17 heavy (non-hydrogen) atoms. The van der Waals surface area contributed by atoms with Gasteiger partial charge in [0.2, 0.25) is 0 Å². The summed E-state index contributed by atoms with van der Waals surface area (Å²) in [6, 6.07) is 0.462. The van der Waals surface area contributed by atoms with Gasteiger partial charge in [0.1, 0.15) is 0 Å². The lowest BCUT2D eigenvalue weighted by Crippen LogP contribution is -2.46. The van der Waals surface area contributed by atoms with Crippen molar-refractivity contribution in [2.75, 3.05) is 33.2 Å². The number of carboxylic acids is 1.